The van der Waals surface area contributed by atoms with Crippen molar-refractivity contribution in [1.29, 1.82) is 0 Å². The summed E-state index contributed by atoms with van der Waals surface area (Å²) in [5.41, 5.74) is 3.97. The SMILES string of the molecule is CC.Cc1ccc(-c2c(C)noc2C)nc1. The van der Waals surface area contributed by atoms with Gasteiger partial charge in [0.1, 0.15) is 5.76 Å². The molecule has 0 saturated carbocycles. The van der Waals surface area contributed by atoms with Crippen molar-refractivity contribution in [3.8, 4) is 11.3 Å². The highest BCUT2D eigenvalue weighted by molar-refractivity contribution is 5.63. The van der Waals surface area contributed by atoms with Crippen LogP contribution in [0.4, 0.5) is 0 Å². The summed E-state index contributed by atoms with van der Waals surface area (Å²) < 4.78 is 5.09. The monoisotopic (exact) mass is 218 g/mol. The van der Waals surface area contributed by atoms with Crippen LogP contribution in [0.3, 0.4) is 0 Å². The second-order valence-corrected chi connectivity index (χ2v) is 3.42. The van der Waals surface area contributed by atoms with E-state index in [9.17, 15) is 0 Å². The normalized spacial score (nSPS) is 9.56. The van der Waals surface area contributed by atoms with Crippen molar-refractivity contribution in [2.45, 2.75) is 34.6 Å². The fourth-order valence-corrected chi connectivity index (χ4v) is 1.46. The summed E-state index contributed by atoms with van der Waals surface area (Å²) in [6.07, 6.45) is 1.85. The van der Waals surface area contributed by atoms with Crippen molar-refractivity contribution in [3.63, 3.8) is 0 Å². The molecule has 0 radical (unpaired) electrons. The summed E-state index contributed by atoms with van der Waals surface area (Å²) in [4.78, 5) is 4.34. The molecule has 2 aromatic rings. The quantitative estimate of drug-likeness (QED) is 0.732. The lowest BCUT2D eigenvalue weighted by atomic mass is 10.1. The maximum atomic E-state index is 5.09. The van der Waals surface area contributed by atoms with Crippen molar-refractivity contribution in [1.82, 2.24) is 10.1 Å². The van der Waals surface area contributed by atoms with Crippen molar-refractivity contribution < 1.29 is 4.52 Å². The Labute approximate surface area is 96.5 Å². The Morgan fingerprint density at radius 3 is 2.19 bits per heavy atom. The van der Waals surface area contributed by atoms with E-state index in [1.165, 1.54) is 0 Å². The van der Waals surface area contributed by atoms with Gasteiger partial charge in [0, 0.05) is 6.20 Å². The van der Waals surface area contributed by atoms with E-state index in [0.29, 0.717) is 0 Å². The molecule has 0 N–H and O–H groups in total. The maximum Gasteiger partial charge on any atom is 0.143 e. The van der Waals surface area contributed by atoms with Crippen LogP contribution >= 0.6 is 0 Å². The molecule has 3 nitrogen and oxygen atoms in total. The van der Waals surface area contributed by atoms with Gasteiger partial charge in [-0.25, -0.2) is 0 Å². The standard InChI is InChI=1S/C11H12N2O.C2H6/c1-7-4-5-10(12-6-7)11-8(2)13-14-9(11)3;1-2/h4-6H,1-3H3;1-2H3. The van der Waals surface area contributed by atoms with Crippen LogP contribution in [0.2, 0.25) is 0 Å². The summed E-state index contributed by atoms with van der Waals surface area (Å²) in [5, 5.41) is 3.90. The first-order valence-corrected chi connectivity index (χ1v) is 5.54. The highest BCUT2D eigenvalue weighted by atomic mass is 16.5. The van der Waals surface area contributed by atoms with Crippen LogP contribution in [0.15, 0.2) is 22.9 Å². The molecule has 3 heteroatoms. The van der Waals surface area contributed by atoms with Gasteiger partial charge in [0.15, 0.2) is 0 Å². The molecule has 0 unspecified atom stereocenters. The lowest BCUT2D eigenvalue weighted by Gasteiger charge is -1.98. The van der Waals surface area contributed by atoms with E-state index in [1.807, 2.05) is 52.9 Å². The van der Waals surface area contributed by atoms with Gasteiger partial charge in [0.05, 0.1) is 17.0 Å². The fraction of sp³-hybridized carbons (Fsp3) is 0.385. The Bertz CT molecular complexity index is 424. The summed E-state index contributed by atoms with van der Waals surface area (Å²) in [6.45, 7) is 9.84. The summed E-state index contributed by atoms with van der Waals surface area (Å²) in [5.74, 6) is 0.818. The van der Waals surface area contributed by atoms with Crippen LogP contribution in [0.1, 0.15) is 30.9 Å². The second-order valence-electron chi connectivity index (χ2n) is 3.42. The van der Waals surface area contributed by atoms with Crippen molar-refractivity contribution in [2.24, 2.45) is 0 Å². The number of nitrogens with zero attached hydrogens (tertiary/aromatic N) is 2. The van der Waals surface area contributed by atoms with E-state index >= 15 is 0 Å². The molecule has 0 bridgehead atoms. The Morgan fingerprint density at radius 2 is 1.75 bits per heavy atom. The molecule has 0 amide bonds. The van der Waals surface area contributed by atoms with Crippen LogP contribution in [0, 0.1) is 20.8 Å². The fourth-order valence-electron chi connectivity index (χ4n) is 1.46. The number of rotatable bonds is 1. The van der Waals surface area contributed by atoms with Gasteiger partial charge in [-0.3, -0.25) is 4.98 Å². The van der Waals surface area contributed by atoms with Gasteiger partial charge < -0.3 is 4.52 Å². The first kappa shape index (κ1) is 12.4. The van der Waals surface area contributed by atoms with Crippen LogP contribution in [-0.2, 0) is 0 Å². The number of hydrogen-bond acceptors (Lipinski definition) is 3. The van der Waals surface area contributed by atoms with Crippen LogP contribution in [0.5, 0.6) is 0 Å². The van der Waals surface area contributed by atoms with Gasteiger partial charge in [0.25, 0.3) is 0 Å². The largest absolute Gasteiger partial charge is 0.361 e. The average molecular weight is 218 g/mol. The summed E-state index contributed by atoms with van der Waals surface area (Å²) in [6, 6.07) is 4.02. The Morgan fingerprint density at radius 1 is 1.06 bits per heavy atom. The van der Waals surface area contributed by atoms with E-state index in [-0.39, 0.29) is 0 Å². The molecule has 16 heavy (non-hydrogen) atoms. The van der Waals surface area contributed by atoms with E-state index in [0.717, 1.165) is 28.3 Å². The van der Waals surface area contributed by atoms with E-state index in [4.69, 9.17) is 4.52 Å². The molecule has 2 aromatic heterocycles. The number of aromatic nitrogens is 2. The smallest absolute Gasteiger partial charge is 0.143 e. The number of pyridine rings is 1. The zero-order chi connectivity index (χ0) is 12.1. The topological polar surface area (TPSA) is 38.9 Å². The molecule has 2 rings (SSSR count). The summed E-state index contributed by atoms with van der Waals surface area (Å²) >= 11 is 0. The van der Waals surface area contributed by atoms with Gasteiger partial charge in [0.2, 0.25) is 0 Å². The molecule has 0 atom stereocenters. The zero-order valence-corrected chi connectivity index (χ0v) is 10.5. The Balaban J connectivity index is 0.000000606. The third kappa shape index (κ3) is 2.48. The zero-order valence-electron chi connectivity index (χ0n) is 10.5. The van der Waals surface area contributed by atoms with Gasteiger partial charge in [-0.05, 0) is 32.4 Å². The molecule has 0 saturated heterocycles. The maximum absolute atomic E-state index is 5.09. The Kier molecular flexibility index (Phi) is 4.23. The first-order chi connectivity index (χ1) is 7.68. The predicted molar refractivity (Wildman–Crippen MR) is 65.3 cm³/mol. The van der Waals surface area contributed by atoms with Crippen molar-refractivity contribution in [2.75, 3.05) is 0 Å². The highest BCUT2D eigenvalue weighted by Gasteiger charge is 2.11. The van der Waals surface area contributed by atoms with Gasteiger partial charge in [-0.15, -0.1) is 0 Å². The molecule has 0 aromatic carbocycles. The molecular weight excluding hydrogens is 200 g/mol. The molecule has 0 aliphatic carbocycles. The Hall–Kier alpha value is -1.64. The molecular formula is C13H18N2O. The second kappa shape index (κ2) is 5.45. The minimum absolute atomic E-state index is 0.818. The highest BCUT2D eigenvalue weighted by Crippen LogP contribution is 2.24. The molecule has 0 aliphatic heterocycles. The minimum atomic E-state index is 0.818. The lowest BCUT2D eigenvalue weighted by molar-refractivity contribution is 0.393. The van der Waals surface area contributed by atoms with E-state index < -0.39 is 0 Å². The van der Waals surface area contributed by atoms with Crippen molar-refractivity contribution in [3.05, 3.63) is 35.3 Å². The minimum Gasteiger partial charge on any atom is -0.361 e. The van der Waals surface area contributed by atoms with Crippen LogP contribution < -0.4 is 0 Å². The molecule has 0 fully saturated rings. The van der Waals surface area contributed by atoms with Gasteiger partial charge in [-0.2, -0.15) is 0 Å². The first-order valence-electron chi connectivity index (χ1n) is 5.54. The third-order valence-electron chi connectivity index (χ3n) is 2.20. The molecule has 0 aliphatic rings. The average Bonchev–Trinajstić information content (AvgIpc) is 2.63. The molecule has 0 spiro atoms. The molecule has 86 valence electrons. The van der Waals surface area contributed by atoms with Gasteiger partial charge >= 0.3 is 0 Å². The van der Waals surface area contributed by atoms with E-state index in [2.05, 4.69) is 10.1 Å². The van der Waals surface area contributed by atoms with E-state index in [1.54, 1.807) is 0 Å². The van der Waals surface area contributed by atoms with Crippen LogP contribution in [0.25, 0.3) is 11.3 Å². The van der Waals surface area contributed by atoms with Gasteiger partial charge in [-0.1, -0.05) is 25.1 Å². The molecule has 2 heterocycles. The van der Waals surface area contributed by atoms with Crippen molar-refractivity contribution >= 4 is 0 Å². The number of hydrogen-bond donors (Lipinski definition) is 0. The predicted octanol–water partition coefficient (Wildman–Crippen LogP) is 3.69. The number of aryl methyl sites for hydroxylation is 3. The lowest BCUT2D eigenvalue weighted by Crippen LogP contribution is -1.86. The third-order valence-corrected chi connectivity index (χ3v) is 2.20. The van der Waals surface area contributed by atoms with Crippen LogP contribution in [-0.4, -0.2) is 10.1 Å². The summed E-state index contributed by atoms with van der Waals surface area (Å²) in [7, 11) is 0.